The number of nitrogens with one attached hydrogen (secondary N) is 2. The van der Waals surface area contributed by atoms with E-state index in [0.29, 0.717) is 43.2 Å². The summed E-state index contributed by atoms with van der Waals surface area (Å²) < 4.78 is 0. The van der Waals surface area contributed by atoms with Gasteiger partial charge in [-0.15, -0.1) is 0 Å². The van der Waals surface area contributed by atoms with E-state index < -0.39 is 0 Å². The quantitative estimate of drug-likeness (QED) is 0.820. The Morgan fingerprint density at radius 3 is 2.39 bits per heavy atom. The summed E-state index contributed by atoms with van der Waals surface area (Å²) in [6.45, 7) is 2.13. The minimum Gasteiger partial charge on any atom is -0.338 e. The lowest BCUT2D eigenvalue weighted by atomic mass is 10.0. The van der Waals surface area contributed by atoms with Gasteiger partial charge < -0.3 is 9.80 Å². The van der Waals surface area contributed by atoms with Gasteiger partial charge in [-0.1, -0.05) is 17.7 Å². The maximum absolute atomic E-state index is 12.9. The third-order valence-corrected chi connectivity index (χ3v) is 5.51. The Morgan fingerprint density at radius 2 is 1.71 bits per heavy atom. The fraction of sp³-hybridized carbons (Fsp3) is 0.350. The van der Waals surface area contributed by atoms with Gasteiger partial charge in [0.1, 0.15) is 6.04 Å². The number of benzene rings is 1. The Balaban J connectivity index is 1.31. The standard InChI is InChI=1S/C20H22ClN5O2/c21-16-5-3-14(4-6-16)19(27)25-8-10-26(11-9-25)20(28)18-12-17(23-24-18)15-2-1-7-22-13-15/h1-7,13,17-18,23-24H,8-12H2. The van der Waals surface area contributed by atoms with Crippen LogP contribution in [-0.4, -0.2) is 58.8 Å². The van der Waals surface area contributed by atoms with E-state index in [9.17, 15) is 9.59 Å². The fourth-order valence-corrected chi connectivity index (χ4v) is 3.77. The minimum atomic E-state index is -0.274. The van der Waals surface area contributed by atoms with Crippen LogP contribution in [-0.2, 0) is 4.79 Å². The number of hydrogen-bond donors (Lipinski definition) is 2. The third kappa shape index (κ3) is 4.01. The van der Waals surface area contributed by atoms with Crippen molar-refractivity contribution >= 4 is 23.4 Å². The molecule has 0 saturated carbocycles. The fourth-order valence-electron chi connectivity index (χ4n) is 3.64. The highest BCUT2D eigenvalue weighted by molar-refractivity contribution is 6.30. The van der Waals surface area contributed by atoms with Gasteiger partial charge in [-0.3, -0.25) is 14.6 Å². The van der Waals surface area contributed by atoms with E-state index in [0.717, 1.165) is 5.56 Å². The molecule has 28 heavy (non-hydrogen) atoms. The van der Waals surface area contributed by atoms with E-state index >= 15 is 0 Å². The summed E-state index contributed by atoms with van der Waals surface area (Å²) in [7, 11) is 0. The maximum Gasteiger partial charge on any atom is 0.253 e. The summed E-state index contributed by atoms with van der Waals surface area (Å²) in [4.78, 5) is 33.2. The highest BCUT2D eigenvalue weighted by Crippen LogP contribution is 2.22. The van der Waals surface area contributed by atoms with E-state index in [1.54, 1.807) is 35.4 Å². The lowest BCUT2D eigenvalue weighted by Crippen LogP contribution is -2.54. The monoisotopic (exact) mass is 399 g/mol. The molecule has 1 aromatic heterocycles. The first-order valence-electron chi connectivity index (χ1n) is 9.36. The Labute approximate surface area is 168 Å². The van der Waals surface area contributed by atoms with Gasteiger partial charge in [0.25, 0.3) is 5.91 Å². The number of carbonyl (C=O) groups excluding carboxylic acids is 2. The molecule has 3 heterocycles. The molecule has 146 valence electrons. The van der Waals surface area contributed by atoms with Gasteiger partial charge in [0.2, 0.25) is 5.91 Å². The van der Waals surface area contributed by atoms with Crippen molar-refractivity contribution in [2.24, 2.45) is 0 Å². The molecule has 1 aromatic carbocycles. The van der Waals surface area contributed by atoms with Gasteiger partial charge in [-0.25, -0.2) is 10.9 Å². The first-order chi connectivity index (χ1) is 13.6. The molecule has 2 aliphatic heterocycles. The van der Waals surface area contributed by atoms with Gasteiger partial charge in [0.05, 0.1) is 0 Å². The van der Waals surface area contributed by atoms with Crippen LogP contribution in [0.25, 0.3) is 0 Å². The van der Waals surface area contributed by atoms with E-state index in [4.69, 9.17) is 11.6 Å². The highest BCUT2D eigenvalue weighted by Gasteiger charge is 2.34. The van der Waals surface area contributed by atoms with Gasteiger partial charge in [0, 0.05) is 55.2 Å². The summed E-state index contributed by atoms with van der Waals surface area (Å²) in [6.07, 6.45) is 4.22. The minimum absolute atomic E-state index is 0.0268. The largest absolute Gasteiger partial charge is 0.338 e. The van der Waals surface area contributed by atoms with Crippen LogP contribution in [0.15, 0.2) is 48.8 Å². The normalized spacial score (nSPS) is 22.3. The van der Waals surface area contributed by atoms with Crippen molar-refractivity contribution in [3.8, 4) is 0 Å². The second-order valence-electron chi connectivity index (χ2n) is 7.04. The zero-order chi connectivity index (χ0) is 19.5. The van der Waals surface area contributed by atoms with Crippen molar-refractivity contribution in [2.45, 2.75) is 18.5 Å². The van der Waals surface area contributed by atoms with Crippen LogP contribution in [0, 0.1) is 0 Å². The predicted octanol–water partition coefficient (Wildman–Crippen LogP) is 1.63. The number of carbonyl (C=O) groups is 2. The molecule has 2 N–H and O–H groups in total. The van der Waals surface area contributed by atoms with Gasteiger partial charge >= 0.3 is 0 Å². The first-order valence-corrected chi connectivity index (χ1v) is 9.74. The van der Waals surface area contributed by atoms with Crippen LogP contribution in [0.4, 0.5) is 0 Å². The molecule has 7 nitrogen and oxygen atoms in total. The van der Waals surface area contributed by atoms with Gasteiger partial charge in [-0.05, 0) is 42.3 Å². The van der Waals surface area contributed by atoms with Gasteiger partial charge in [0.15, 0.2) is 0 Å². The summed E-state index contributed by atoms with van der Waals surface area (Å²) in [5, 5.41) is 0.606. The number of halogens is 1. The molecule has 2 aliphatic rings. The molecule has 2 fully saturated rings. The zero-order valence-electron chi connectivity index (χ0n) is 15.3. The van der Waals surface area contributed by atoms with E-state index in [1.165, 1.54) is 0 Å². The van der Waals surface area contributed by atoms with Crippen molar-refractivity contribution in [3.05, 3.63) is 64.9 Å². The van der Waals surface area contributed by atoms with Crippen LogP contribution in [0.1, 0.15) is 28.4 Å². The molecule has 0 aliphatic carbocycles. The van der Waals surface area contributed by atoms with Crippen molar-refractivity contribution < 1.29 is 9.59 Å². The van der Waals surface area contributed by atoms with Crippen LogP contribution >= 0.6 is 11.6 Å². The van der Waals surface area contributed by atoms with E-state index in [-0.39, 0.29) is 23.9 Å². The molecule has 0 spiro atoms. The molecule has 2 atom stereocenters. The predicted molar refractivity (Wildman–Crippen MR) is 106 cm³/mol. The summed E-state index contributed by atoms with van der Waals surface area (Å²) in [5.74, 6) is 0.0403. The molecule has 0 bridgehead atoms. The highest BCUT2D eigenvalue weighted by atomic mass is 35.5. The molecule has 2 amide bonds. The average molecular weight is 400 g/mol. The second kappa shape index (κ2) is 8.26. The van der Waals surface area contributed by atoms with Crippen molar-refractivity contribution in [3.63, 3.8) is 0 Å². The SMILES string of the molecule is O=C(c1ccc(Cl)cc1)N1CCN(C(=O)C2CC(c3cccnc3)NN2)CC1. The van der Waals surface area contributed by atoms with Crippen molar-refractivity contribution in [1.29, 1.82) is 0 Å². The smallest absolute Gasteiger partial charge is 0.253 e. The summed E-state index contributed by atoms with van der Waals surface area (Å²) >= 11 is 5.88. The average Bonchev–Trinajstić information content (AvgIpc) is 3.24. The topological polar surface area (TPSA) is 77.6 Å². The second-order valence-corrected chi connectivity index (χ2v) is 7.48. The number of hydrogen-bond acceptors (Lipinski definition) is 5. The van der Waals surface area contributed by atoms with Crippen LogP contribution in [0.3, 0.4) is 0 Å². The van der Waals surface area contributed by atoms with E-state index in [2.05, 4.69) is 15.8 Å². The lowest BCUT2D eigenvalue weighted by molar-refractivity contribution is -0.134. The van der Waals surface area contributed by atoms with E-state index in [1.807, 2.05) is 23.2 Å². The number of pyridine rings is 1. The Bertz CT molecular complexity index is 837. The zero-order valence-corrected chi connectivity index (χ0v) is 16.1. The number of hydrazine groups is 1. The summed E-state index contributed by atoms with van der Waals surface area (Å²) in [6, 6.07) is 10.6. The Morgan fingerprint density at radius 1 is 1.00 bits per heavy atom. The number of piperazine rings is 1. The molecule has 2 unspecified atom stereocenters. The van der Waals surface area contributed by atoms with Crippen molar-refractivity contribution in [2.75, 3.05) is 26.2 Å². The third-order valence-electron chi connectivity index (χ3n) is 5.26. The van der Waals surface area contributed by atoms with Crippen LogP contribution in [0.5, 0.6) is 0 Å². The molecule has 4 rings (SSSR count). The Kier molecular flexibility index (Phi) is 5.57. The van der Waals surface area contributed by atoms with Crippen LogP contribution < -0.4 is 10.9 Å². The molecular formula is C20H22ClN5O2. The number of aromatic nitrogens is 1. The molecule has 2 aromatic rings. The van der Waals surface area contributed by atoms with Crippen LogP contribution in [0.2, 0.25) is 5.02 Å². The summed E-state index contributed by atoms with van der Waals surface area (Å²) in [5.41, 5.74) is 7.96. The number of nitrogens with zero attached hydrogens (tertiary/aromatic N) is 3. The molecule has 0 radical (unpaired) electrons. The first kappa shape index (κ1) is 18.9. The van der Waals surface area contributed by atoms with Gasteiger partial charge in [-0.2, -0.15) is 0 Å². The number of rotatable bonds is 3. The number of amides is 2. The Hall–Kier alpha value is -2.48. The molecular weight excluding hydrogens is 378 g/mol. The molecule has 8 heteroatoms. The molecule has 2 saturated heterocycles. The van der Waals surface area contributed by atoms with Crippen molar-refractivity contribution in [1.82, 2.24) is 25.6 Å². The lowest BCUT2D eigenvalue weighted by Gasteiger charge is -2.36. The maximum atomic E-state index is 12.9.